The highest BCUT2D eigenvalue weighted by Crippen LogP contribution is 2.24. The maximum atomic E-state index is 12.6. The lowest BCUT2D eigenvalue weighted by molar-refractivity contribution is 0.0593. The van der Waals surface area contributed by atoms with Gasteiger partial charge in [-0.25, -0.2) is 0 Å². The predicted octanol–water partition coefficient (Wildman–Crippen LogP) is 3.23. The molecule has 0 saturated carbocycles. The van der Waals surface area contributed by atoms with Crippen LogP contribution in [0.5, 0.6) is 0 Å². The van der Waals surface area contributed by atoms with E-state index in [1.807, 2.05) is 17.5 Å². The molecule has 2 saturated heterocycles. The second kappa shape index (κ2) is 6.72. The van der Waals surface area contributed by atoms with Crippen LogP contribution in [-0.2, 0) is 0 Å². The van der Waals surface area contributed by atoms with Crippen LogP contribution >= 0.6 is 11.3 Å². The molecule has 0 radical (unpaired) electrons. The third kappa shape index (κ3) is 3.23. The van der Waals surface area contributed by atoms with Crippen LogP contribution in [0.1, 0.15) is 48.2 Å². The number of thiophene rings is 1. The number of amides is 1. The van der Waals surface area contributed by atoms with Crippen LogP contribution in [-0.4, -0.2) is 47.9 Å². The average Bonchev–Trinajstić information content (AvgIpc) is 3.18. The van der Waals surface area contributed by atoms with Gasteiger partial charge in [-0.05, 0) is 63.1 Å². The van der Waals surface area contributed by atoms with Crippen LogP contribution in [0, 0.1) is 0 Å². The van der Waals surface area contributed by atoms with Gasteiger partial charge in [-0.15, -0.1) is 11.3 Å². The van der Waals surface area contributed by atoms with E-state index in [9.17, 15) is 4.79 Å². The molecule has 0 aliphatic carbocycles. The van der Waals surface area contributed by atoms with Crippen molar-refractivity contribution in [3.8, 4) is 0 Å². The first-order valence-corrected chi connectivity index (χ1v) is 8.79. The SMILES string of the molecule is O=C(c1cccs1)N1CCCCC1CCN1CCCC1. The number of rotatable bonds is 4. The Balaban J connectivity index is 1.59. The van der Waals surface area contributed by atoms with Gasteiger partial charge in [-0.3, -0.25) is 4.79 Å². The third-order valence-electron chi connectivity index (χ3n) is 4.60. The maximum absolute atomic E-state index is 12.6. The number of carbonyl (C=O) groups excluding carboxylic acids is 1. The van der Waals surface area contributed by atoms with E-state index in [1.165, 1.54) is 45.3 Å². The molecule has 1 atom stereocenters. The number of carbonyl (C=O) groups is 1. The van der Waals surface area contributed by atoms with E-state index in [-0.39, 0.29) is 5.91 Å². The van der Waals surface area contributed by atoms with Crippen molar-refractivity contribution in [2.24, 2.45) is 0 Å². The standard InChI is InChI=1S/C16H24N2OS/c19-16(15-7-5-13-20-15)18-11-2-1-6-14(18)8-12-17-9-3-4-10-17/h5,7,13-14H,1-4,6,8-12H2. The van der Waals surface area contributed by atoms with Crippen LogP contribution in [0.4, 0.5) is 0 Å². The summed E-state index contributed by atoms with van der Waals surface area (Å²) < 4.78 is 0. The summed E-state index contributed by atoms with van der Waals surface area (Å²) in [5, 5.41) is 2.00. The largest absolute Gasteiger partial charge is 0.335 e. The van der Waals surface area contributed by atoms with E-state index >= 15 is 0 Å². The summed E-state index contributed by atoms with van der Waals surface area (Å²) in [6.45, 7) is 4.62. The molecule has 0 N–H and O–H groups in total. The summed E-state index contributed by atoms with van der Waals surface area (Å²) in [6, 6.07) is 4.39. The van der Waals surface area contributed by atoms with Gasteiger partial charge >= 0.3 is 0 Å². The van der Waals surface area contributed by atoms with Gasteiger partial charge in [0.1, 0.15) is 0 Å². The summed E-state index contributed by atoms with van der Waals surface area (Å²) in [7, 11) is 0. The van der Waals surface area contributed by atoms with E-state index in [4.69, 9.17) is 0 Å². The van der Waals surface area contributed by atoms with E-state index in [2.05, 4.69) is 9.80 Å². The van der Waals surface area contributed by atoms with E-state index in [0.717, 1.165) is 24.3 Å². The number of nitrogens with zero attached hydrogens (tertiary/aromatic N) is 2. The molecule has 2 fully saturated rings. The molecule has 3 heterocycles. The number of hydrogen-bond donors (Lipinski definition) is 0. The molecular formula is C16H24N2OS. The zero-order chi connectivity index (χ0) is 13.8. The van der Waals surface area contributed by atoms with Crippen molar-refractivity contribution in [3.05, 3.63) is 22.4 Å². The van der Waals surface area contributed by atoms with Gasteiger partial charge < -0.3 is 9.80 Å². The quantitative estimate of drug-likeness (QED) is 0.850. The van der Waals surface area contributed by atoms with Gasteiger partial charge in [0.05, 0.1) is 4.88 Å². The fourth-order valence-corrected chi connectivity index (χ4v) is 4.13. The molecule has 0 aromatic carbocycles. The summed E-state index contributed by atoms with van der Waals surface area (Å²) in [5.74, 6) is 0.256. The van der Waals surface area contributed by atoms with Crippen molar-refractivity contribution >= 4 is 17.2 Å². The Morgan fingerprint density at radius 2 is 2.00 bits per heavy atom. The van der Waals surface area contributed by atoms with Crippen molar-refractivity contribution < 1.29 is 4.79 Å². The van der Waals surface area contributed by atoms with Crippen molar-refractivity contribution in [1.29, 1.82) is 0 Å². The van der Waals surface area contributed by atoms with Crippen LogP contribution in [0.3, 0.4) is 0 Å². The Bertz CT molecular complexity index is 426. The molecule has 1 amide bonds. The zero-order valence-electron chi connectivity index (χ0n) is 12.1. The fraction of sp³-hybridized carbons (Fsp3) is 0.688. The normalized spacial score (nSPS) is 24.2. The average molecular weight is 292 g/mol. The highest BCUT2D eigenvalue weighted by Gasteiger charge is 2.28. The van der Waals surface area contributed by atoms with E-state index < -0.39 is 0 Å². The van der Waals surface area contributed by atoms with Gasteiger partial charge in [0.15, 0.2) is 0 Å². The fourth-order valence-electron chi connectivity index (χ4n) is 3.45. The smallest absolute Gasteiger partial charge is 0.264 e. The predicted molar refractivity (Wildman–Crippen MR) is 83.3 cm³/mol. The van der Waals surface area contributed by atoms with Crippen molar-refractivity contribution in [2.75, 3.05) is 26.2 Å². The Morgan fingerprint density at radius 3 is 2.75 bits per heavy atom. The molecule has 4 heteroatoms. The second-order valence-electron chi connectivity index (χ2n) is 5.96. The molecule has 3 nitrogen and oxygen atoms in total. The topological polar surface area (TPSA) is 23.6 Å². The lowest BCUT2D eigenvalue weighted by Gasteiger charge is -2.36. The third-order valence-corrected chi connectivity index (χ3v) is 5.46. The second-order valence-corrected chi connectivity index (χ2v) is 6.91. The van der Waals surface area contributed by atoms with Gasteiger partial charge in [0.25, 0.3) is 5.91 Å². The zero-order valence-corrected chi connectivity index (χ0v) is 12.9. The first kappa shape index (κ1) is 14.1. The lowest BCUT2D eigenvalue weighted by atomic mass is 9.99. The number of hydrogen-bond acceptors (Lipinski definition) is 3. The molecule has 1 unspecified atom stereocenters. The van der Waals surface area contributed by atoms with Crippen LogP contribution in [0.15, 0.2) is 17.5 Å². The van der Waals surface area contributed by atoms with Gasteiger partial charge in [-0.2, -0.15) is 0 Å². The highest BCUT2D eigenvalue weighted by molar-refractivity contribution is 7.12. The Hall–Kier alpha value is -0.870. The van der Waals surface area contributed by atoms with E-state index in [1.54, 1.807) is 11.3 Å². The first-order valence-electron chi connectivity index (χ1n) is 7.91. The highest BCUT2D eigenvalue weighted by atomic mass is 32.1. The molecule has 3 rings (SSSR count). The molecule has 20 heavy (non-hydrogen) atoms. The lowest BCUT2D eigenvalue weighted by Crippen LogP contribution is -2.44. The van der Waals surface area contributed by atoms with Crippen molar-refractivity contribution in [3.63, 3.8) is 0 Å². The Kier molecular flexibility index (Phi) is 4.73. The number of likely N-dealkylation sites (tertiary alicyclic amines) is 2. The summed E-state index contributed by atoms with van der Waals surface area (Å²) in [5.41, 5.74) is 0. The molecule has 1 aromatic heterocycles. The summed E-state index contributed by atoms with van der Waals surface area (Å²) >= 11 is 1.57. The molecule has 110 valence electrons. The van der Waals surface area contributed by atoms with Gasteiger partial charge in [-0.1, -0.05) is 6.07 Å². The van der Waals surface area contributed by atoms with Gasteiger partial charge in [0.2, 0.25) is 0 Å². The molecule has 2 aliphatic rings. The molecule has 2 aliphatic heterocycles. The van der Waals surface area contributed by atoms with E-state index in [0.29, 0.717) is 6.04 Å². The maximum Gasteiger partial charge on any atom is 0.264 e. The molecule has 1 aromatic rings. The minimum atomic E-state index is 0.256. The number of piperidine rings is 1. The molecule has 0 spiro atoms. The van der Waals surface area contributed by atoms with Crippen molar-refractivity contribution in [1.82, 2.24) is 9.80 Å². The molecule has 0 bridgehead atoms. The van der Waals surface area contributed by atoms with Crippen molar-refractivity contribution in [2.45, 2.75) is 44.6 Å². The first-order chi connectivity index (χ1) is 9.84. The van der Waals surface area contributed by atoms with Gasteiger partial charge in [0, 0.05) is 19.1 Å². The Labute approximate surface area is 125 Å². The Morgan fingerprint density at radius 1 is 1.20 bits per heavy atom. The molecular weight excluding hydrogens is 268 g/mol. The summed E-state index contributed by atoms with van der Waals surface area (Å²) in [4.78, 5) is 18.2. The van der Waals surface area contributed by atoms with Crippen LogP contribution in [0.25, 0.3) is 0 Å². The minimum absolute atomic E-state index is 0.256. The summed E-state index contributed by atoms with van der Waals surface area (Å²) in [6.07, 6.45) is 7.48. The van der Waals surface area contributed by atoms with Crippen LogP contribution < -0.4 is 0 Å². The minimum Gasteiger partial charge on any atom is -0.335 e. The van der Waals surface area contributed by atoms with Crippen LogP contribution in [0.2, 0.25) is 0 Å². The monoisotopic (exact) mass is 292 g/mol.